The van der Waals surface area contributed by atoms with Gasteiger partial charge in [0.15, 0.2) is 0 Å². The predicted molar refractivity (Wildman–Crippen MR) is 58.1 cm³/mol. The average Bonchev–Trinajstić information content (AvgIpc) is 2.72. The molecule has 0 aliphatic heterocycles. The van der Waals surface area contributed by atoms with Gasteiger partial charge in [-0.25, -0.2) is 9.37 Å². The molecule has 0 saturated heterocycles. The standard InChI is InChI=1S/C12H10F4N2/c1-8-3-2-4-9(5-8)18-10(6-13)7-17-11(18)12(14,15)16/h2-5,7H,6H2,1H3. The highest BCUT2D eigenvalue weighted by Crippen LogP contribution is 2.31. The highest BCUT2D eigenvalue weighted by atomic mass is 19.4. The lowest BCUT2D eigenvalue weighted by Crippen LogP contribution is -2.15. The van der Waals surface area contributed by atoms with Crippen LogP contribution in [0.15, 0.2) is 30.5 Å². The zero-order chi connectivity index (χ0) is 13.3. The molecule has 2 rings (SSSR count). The van der Waals surface area contributed by atoms with E-state index in [4.69, 9.17) is 0 Å². The number of aromatic nitrogens is 2. The molecular weight excluding hydrogens is 248 g/mol. The van der Waals surface area contributed by atoms with Gasteiger partial charge < -0.3 is 0 Å². The van der Waals surface area contributed by atoms with Gasteiger partial charge in [-0.2, -0.15) is 13.2 Å². The van der Waals surface area contributed by atoms with Gasteiger partial charge in [-0.15, -0.1) is 0 Å². The molecule has 0 saturated carbocycles. The highest BCUT2D eigenvalue weighted by molar-refractivity contribution is 5.39. The van der Waals surface area contributed by atoms with E-state index >= 15 is 0 Å². The summed E-state index contributed by atoms with van der Waals surface area (Å²) in [6.07, 6.45) is -3.71. The third-order valence-corrected chi connectivity index (χ3v) is 2.49. The molecule has 0 fully saturated rings. The van der Waals surface area contributed by atoms with E-state index in [2.05, 4.69) is 4.98 Å². The zero-order valence-corrected chi connectivity index (χ0v) is 9.50. The summed E-state index contributed by atoms with van der Waals surface area (Å²) in [6, 6.07) is 6.41. The van der Waals surface area contributed by atoms with Crippen LogP contribution < -0.4 is 0 Å². The number of hydrogen-bond donors (Lipinski definition) is 0. The Morgan fingerprint density at radius 2 is 2.00 bits per heavy atom. The Morgan fingerprint density at radius 3 is 2.56 bits per heavy atom. The molecule has 18 heavy (non-hydrogen) atoms. The van der Waals surface area contributed by atoms with Crippen LogP contribution in [0.25, 0.3) is 5.69 Å². The number of nitrogens with zero attached hydrogens (tertiary/aromatic N) is 2. The van der Waals surface area contributed by atoms with Crippen molar-refractivity contribution in [2.24, 2.45) is 0 Å². The Labute approximate surface area is 101 Å². The van der Waals surface area contributed by atoms with E-state index in [9.17, 15) is 17.6 Å². The first-order chi connectivity index (χ1) is 8.43. The number of imidazole rings is 1. The molecule has 1 aromatic heterocycles. The monoisotopic (exact) mass is 258 g/mol. The number of alkyl halides is 4. The first kappa shape index (κ1) is 12.6. The van der Waals surface area contributed by atoms with Crippen molar-refractivity contribution in [3.05, 3.63) is 47.5 Å². The van der Waals surface area contributed by atoms with E-state index in [0.29, 0.717) is 0 Å². The third kappa shape index (κ3) is 2.23. The molecule has 0 spiro atoms. The maximum absolute atomic E-state index is 12.8. The van der Waals surface area contributed by atoms with E-state index < -0.39 is 18.7 Å². The normalized spacial score (nSPS) is 11.8. The van der Waals surface area contributed by atoms with Crippen molar-refractivity contribution in [1.29, 1.82) is 0 Å². The van der Waals surface area contributed by atoms with Crippen LogP contribution in [0.5, 0.6) is 0 Å². The minimum absolute atomic E-state index is 0.118. The zero-order valence-electron chi connectivity index (χ0n) is 9.50. The number of benzene rings is 1. The lowest BCUT2D eigenvalue weighted by atomic mass is 10.2. The van der Waals surface area contributed by atoms with Gasteiger partial charge in [0.2, 0.25) is 5.82 Å². The summed E-state index contributed by atoms with van der Waals surface area (Å²) in [5.74, 6) is -1.11. The topological polar surface area (TPSA) is 17.8 Å². The first-order valence-corrected chi connectivity index (χ1v) is 5.20. The number of halogens is 4. The lowest BCUT2D eigenvalue weighted by molar-refractivity contribution is -0.146. The van der Waals surface area contributed by atoms with Crippen LogP contribution in [0, 0.1) is 6.92 Å². The predicted octanol–water partition coefficient (Wildman–Crippen LogP) is 3.67. The summed E-state index contributed by atoms with van der Waals surface area (Å²) in [4.78, 5) is 3.26. The van der Waals surface area contributed by atoms with Crippen LogP contribution in [0.2, 0.25) is 0 Å². The van der Waals surface area contributed by atoms with Crippen molar-refractivity contribution >= 4 is 0 Å². The maximum atomic E-state index is 12.8. The lowest BCUT2D eigenvalue weighted by Gasteiger charge is -2.13. The second-order valence-electron chi connectivity index (χ2n) is 3.88. The van der Waals surface area contributed by atoms with Crippen LogP contribution >= 0.6 is 0 Å². The Kier molecular flexibility index (Phi) is 3.11. The first-order valence-electron chi connectivity index (χ1n) is 5.20. The van der Waals surface area contributed by atoms with Crippen molar-refractivity contribution in [2.45, 2.75) is 19.8 Å². The summed E-state index contributed by atoms with van der Waals surface area (Å²) < 4.78 is 51.9. The Hall–Kier alpha value is -1.85. The number of rotatable bonds is 2. The minimum Gasteiger partial charge on any atom is -0.290 e. The second-order valence-corrected chi connectivity index (χ2v) is 3.88. The van der Waals surface area contributed by atoms with Crippen molar-refractivity contribution in [1.82, 2.24) is 9.55 Å². The number of aryl methyl sites for hydroxylation is 1. The smallest absolute Gasteiger partial charge is 0.290 e. The number of hydrogen-bond acceptors (Lipinski definition) is 1. The van der Waals surface area contributed by atoms with Gasteiger partial charge in [0.1, 0.15) is 6.67 Å². The largest absolute Gasteiger partial charge is 0.450 e. The van der Waals surface area contributed by atoms with Crippen molar-refractivity contribution in [2.75, 3.05) is 0 Å². The minimum atomic E-state index is -4.61. The van der Waals surface area contributed by atoms with Crippen molar-refractivity contribution in [3.63, 3.8) is 0 Å². The highest BCUT2D eigenvalue weighted by Gasteiger charge is 2.37. The molecule has 96 valence electrons. The molecule has 2 nitrogen and oxygen atoms in total. The van der Waals surface area contributed by atoms with Crippen LogP contribution in [0.4, 0.5) is 17.6 Å². The molecule has 0 N–H and O–H groups in total. The molecule has 0 aliphatic rings. The van der Waals surface area contributed by atoms with Crippen LogP contribution in [-0.4, -0.2) is 9.55 Å². The molecule has 1 heterocycles. The average molecular weight is 258 g/mol. The van der Waals surface area contributed by atoms with Gasteiger partial charge in [-0.05, 0) is 24.6 Å². The maximum Gasteiger partial charge on any atom is 0.450 e. The molecule has 0 atom stereocenters. The van der Waals surface area contributed by atoms with Crippen molar-refractivity contribution in [3.8, 4) is 5.69 Å². The fourth-order valence-electron chi connectivity index (χ4n) is 1.74. The van der Waals surface area contributed by atoms with Gasteiger partial charge in [0, 0.05) is 5.69 Å². The summed E-state index contributed by atoms with van der Waals surface area (Å²) in [5.41, 5.74) is 0.930. The molecule has 0 unspecified atom stereocenters. The van der Waals surface area contributed by atoms with E-state index in [1.807, 2.05) is 0 Å². The van der Waals surface area contributed by atoms with Crippen LogP contribution in [-0.2, 0) is 12.9 Å². The molecule has 2 aromatic rings. The van der Waals surface area contributed by atoms with Crippen LogP contribution in [0.1, 0.15) is 17.1 Å². The van der Waals surface area contributed by atoms with E-state index in [1.54, 1.807) is 25.1 Å². The van der Waals surface area contributed by atoms with Crippen molar-refractivity contribution < 1.29 is 17.6 Å². The summed E-state index contributed by atoms with van der Waals surface area (Å²) in [5, 5.41) is 0. The molecule has 0 radical (unpaired) electrons. The summed E-state index contributed by atoms with van der Waals surface area (Å²) in [6.45, 7) is 0.750. The molecule has 1 aromatic carbocycles. The Balaban J connectivity index is 2.65. The third-order valence-electron chi connectivity index (χ3n) is 2.49. The molecule has 0 aliphatic carbocycles. The SMILES string of the molecule is Cc1cccc(-n2c(CF)cnc2C(F)(F)F)c1. The van der Waals surface area contributed by atoms with E-state index in [1.165, 1.54) is 6.07 Å². The van der Waals surface area contributed by atoms with E-state index in [0.717, 1.165) is 16.3 Å². The van der Waals surface area contributed by atoms with Crippen LogP contribution in [0.3, 0.4) is 0 Å². The molecule has 0 amide bonds. The molecular formula is C12H10F4N2. The van der Waals surface area contributed by atoms with Gasteiger partial charge in [-0.1, -0.05) is 12.1 Å². The Bertz CT molecular complexity index is 557. The van der Waals surface area contributed by atoms with Gasteiger partial charge in [-0.3, -0.25) is 4.57 Å². The fraction of sp³-hybridized carbons (Fsp3) is 0.250. The summed E-state index contributed by atoms with van der Waals surface area (Å²) in [7, 11) is 0. The molecule has 0 bridgehead atoms. The fourth-order valence-corrected chi connectivity index (χ4v) is 1.74. The van der Waals surface area contributed by atoms with E-state index in [-0.39, 0.29) is 11.4 Å². The molecule has 6 heteroatoms. The van der Waals surface area contributed by atoms with Gasteiger partial charge in [0.05, 0.1) is 11.9 Å². The Morgan fingerprint density at radius 1 is 1.28 bits per heavy atom. The summed E-state index contributed by atoms with van der Waals surface area (Å²) >= 11 is 0. The van der Waals surface area contributed by atoms with Gasteiger partial charge >= 0.3 is 6.18 Å². The van der Waals surface area contributed by atoms with Gasteiger partial charge in [0.25, 0.3) is 0 Å². The second kappa shape index (κ2) is 4.44. The quantitative estimate of drug-likeness (QED) is 0.751.